The van der Waals surface area contributed by atoms with Crippen LogP contribution in [0.1, 0.15) is 146 Å². The van der Waals surface area contributed by atoms with Gasteiger partial charge in [0, 0.05) is 50.4 Å². The fourth-order valence-electron chi connectivity index (χ4n) is 9.96. The summed E-state index contributed by atoms with van der Waals surface area (Å²) in [5, 5.41) is 14.5. The van der Waals surface area contributed by atoms with Gasteiger partial charge in [-0.25, -0.2) is 0 Å². The maximum absolute atomic E-state index is 11.7. The molecule has 3 aliphatic carbocycles. The monoisotopic (exact) mass is 1020 g/mol. The van der Waals surface area contributed by atoms with Gasteiger partial charge in [0.2, 0.25) is 0 Å². The third kappa shape index (κ3) is 12.4. The molecule has 4 aromatic carbocycles. The van der Waals surface area contributed by atoms with Gasteiger partial charge in [0.1, 0.15) is 0 Å². The zero-order valence-electron chi connectivity index (χ0n) is 40.5. The summed E-state index contributed by atoms with van der Waals surface area (Å²) in [5.74, 6) is 3.68. The van der Waals surface area contributed by atoms with Crippen LogP contribution in [0.15, 0.2) is 97.0 Å². The molecule has 6 aromatic rings. The third-order valence-electron chi connectivity index (χ3n) is 13.5. The second-order valence-corrected chi connectivity index (χ2v) is 18.5. The normalized spacial score (nSPS) is 17.3. The van der Waals surface area contributed by atoms with Crippen LogP contribution < -0.4 is 0 Å². The van der Waals surface area contributed by atoms with E-state index in [-0.39, 0.29) is 43.5 Å². The Morgan fingerprint density at radius 1 is 0.730 bits per heavy atom. The van der Waals surface area contributed by atoms with E-state index in [4.69, 9.17) is 6.35 Å². The van der Waals surface area contributed by atoms with Crippen LogP contribution >= 0.6 is 0 Å². The van der Waals surface area contributed by atoms with Gasteiger partial charge in [-0.1, -0.05) is 118 Å². The fourth-order valence-corrected chi connectivity index (χ4v) is 9.96. The van der Waals surface area contributed by atoms with E-state index in [0.717, 1.165) is 82.3 Å². The van der Waals surface area contributed by atoms with E-state index in [2.05, 4.69) is 118 Å². The van der Waals surface area contributed by atoms with Crippen molar-refractivity contribution >= 4 is 27.3 Å². The summed E-state index contributed by atoms with van der Waals surface area (Å²) in [4.78, 5) is 20.9. The number of ketones is 1. The van der Waals surface area contributed by atoms with Gasteiger partial charge in [0.15, 0.2) is 5.78 Å². The molecule has 2 aromatic heterocycles. The largest absolute Gasteiger partial charge is 0.512 e. The maximum Gasteiger partial charge on any atom is 0.162 e. The Hall–Kier alpha value is -4.44. The van der Waals surface area contributed by atoms with Gasteiger partial charge in [-0.15, -0.1) is 69.8 Å². The van der Waals surface area contributed by atoms with E-state index in [1.807, 2.05) is 46.9 Å². The predicted octanol–water partition coefficient (Wildman–Crippen LogP) is 15.9. The number of aromatic nitrogens is 2. The molecule has 9 rings (SSSR count). The molecular formula is C58H70IrN2O2-2. The molecule has 0 saturated heterocycles. The number of allylic oxidation sites excluding steroid dienone is 2. The number of fused-ring (bicyclic) bond motifs is 5. The van der Waals surface area contributed by atoms with Crippen molar-refractivity contribution in [1.82, 2.24) is 9.97 Å². The first-order valence-corrected chi connectivity index (χ1v) is 23.5. The van der Waals surface area contributed by atoms with Crippen LogP contribution in [0.5, 0.6) is 0 Å². The number of pyridine rings is 2. The minimum absolute atomic E-state index is 0. The molecule has 0 spiro atoms. The average molecular weight is 1020 g/mol. The molecule has 1 atom stereocenters. The summed E-state index contributed by atoms with van der Waals surface area (Å²) >= 11 is 0. The molecule has 0 amide bonds. The molecule has 3 fully saturated rings. The van der Waals surface area contributed by atoms with E-state index in [9.17, 15) is 9.90 Å². The smallest absolute Gasteiger partial charge is 0.162 e. The molecule has 3 saturated carbocycles. The van der Waals surface area contributed by atoms with Crippen LogP contribution in [0.25, 0.3) is 44.1 Å². The number of carbonyl (C=O) groups excluding carboxylic acids is 1. The first-order valence-electron chi connectivity index (χ1n) is 24.0. The molecule has 5 heteroatoms. The van der Waals surface area contributed by atoms with Crippen molar-refractivity contribution in [2.45, 2.75) is 139 Å². The van der Waals surface area contributed by atoms with Crippen LogP contribution in [-0.2, 0) is 24.9 Å². The molecule has 2 bridgehead atoms. The first kappa shape index (κ1) is 48.0. The summed E-state index contributed by atoms with van der Waals surface area (Å²) in [7, 11) is 0. The Bertz CT molecular complexity index is 2500. The second-order valence-electron chi connectivity index (χ2n) is 18.5. The minimum Gasteiger partial charge on any atom is -0.512 e. The van der Waals surface area contributed by atoms with Gasteiger partial charge in [0.05, 0.1) is 7.13 Å². The van der Waals surface area contributed by atoms with Gasteiger partial charge in [0.25, 0.3) is 0 Å². The Labute approximate surface area is 394 Å². The Morgan fingerprint density at radius 3 is 1.81 bits per heavy atom. The van der Waals surface area contributed by atoms with Gasteiger partial charge in [-0.05, 0) is 125 Å². The first-order chi connectivity index (χ1) is 30.2. The molecule has 3 aliphatic rings. The molecule has 1 N–H and O–H groups in total. The Balaban J connectivity index is 0.000000187. The van der Waals surface area contributed by atoms with Crippen molar-refractivity contribution in [3.05, 3.63) is 143 Å². The number of hydrogen-bond donors (Lipinski definition) is 1. The number of aliphatic hydroxyl groups is 1. The predicted molar refractivity (Wildman–Crippen MR) is 262 cm³/mol. The van der Waals surface area contributed by atoms with Gasteiger partial charge in [-0.2, -0.15) is 0 Å². The Kier molecular flexibility index (Phi) is 17.5. The Morgan fingerprint density at radius 2 is 1.29 bits per heavy atom. The number of carbonyl (C=O) groups is 1. The van der Waals surface area contributed by atoms with Crippen LogP contribution in [0.2, 0.25) is 0 Å². The second kappa shape index (κ2) is 23.0. The summed E-state index contributed by atoms with van der Waals surface area (Å²) in [5.41, 5.74) is 11.6. The number of rotatable bonds is 11. The van der Waals surface area contributed by atoms with Crippen LogP contribution in [0.3, 0.4) is 0 Å². The van der Waals surface area contributed by atoms with E-state index < -0.39 is 0 Å². The van der Waals surface area contributed by atoms with Gasteiger partial charge in [-0.3, -0.25) is 4.79 Å². The van der Waals surface area contributed by atoms with E-state index in [1.54, 1.807) is 5.56 Å². The standard InChI is InChI=1S/C25H26N.C20H20N.C13H24O2.Ir/c1-16-11-17(2)13-22(12-16)25-23-8-7-20(15-21(23)9-10-26-25)24-14-18-3-5-19(24)6-4-18;1-13(2)16-5-6-19-17(12-16)7-8-21-20(19)18-10-14(3)9-15(4)11-18;1-5-10(6-2)12(14)9-13(15)11(7-3)8-4;/h7-12,15,18-19,24H,3-6,14H2,1-2H3;5-10,12-13H,1-4H3;9-11,14H,5-8H2,1-4H3;/q2*-1;;/b;;12-9-;/i;8D;;. The maximum atomic E-state index is 11.7. The summed E-state index contributed by atoms with van der Waals surface area (Å²) < 4.78 is 8.03. The topological polar surface area (TPSA) is 63.1 Å². The van der Waals surface area contributed by atoms with Gasteiger partial charge >= 0.3 is 0 Å². The summed E-state index contributed by atoms with van der Waals surface area (Å²) in [6.45, 7) is 20.8. The quantitative estimate of drug-likeness (QED) is 0.0798. The number of aliphatic hydroxyl groups excluding tert-OH is 1. The van der Waals surface area contributed by atoms with Crippen molar-refractivity contribution < 1.29 is 31.4 Å². The van der Waals surface area contributed by atoms with Gasteiger partial charge < -0.3 is 15.1 Å². The molecule has 2 heterocycles. The number of nitrogens with zero attached hydrogens (tertiary/aromatic N) is 2. The molecule has 0 aliphatic heterocycles. The van der Waals surface area contributed by atoms with E-state index in [0.29, 0.717) is 12.1 Å². The van der Waals surface area contributed by atoms with E-state index >= 15 is 0 Å². The molecular weight excluding hydrogens is 949 g/mol. The van der Waals surface area contributed by atoms with Crippen molar-refractivity contribution in [3.63, 3.8) is 0 Å². The number of hydrogen-bond acceptors (Lipinski definition) is 4. The van der Waals surface area contributed by atoms with Crippen LogP contribution in [0.4, 0.5) is 0 Å². The van der Waals surface area contributed by atoms with Crippen molar-refractivity contribution in [1.29, 1.82) is 0 Å². The van der Waals surface area contributed by atoms with Crippen molar-refractivity contribution in [3.8, 4) is 22.5 Å². The van der Waals surface area contributed by atoms with Crippen molar-refractivity contribution in [2.75, 3.05) is 0 Å². The zero-order chi connectivity index (χ0) is 45.4. The molecule has 63 heavy (non-hydrogen) atoms. The minimum atomic E-state index is 0. The number of aryl methyl sites for hydroxylation is 4. The summed E-state index contributed by atoms with van der Waals surface area (Å²) in [6.07, 6.45) is 14.4. The molecule has 335 valence electrons. The van der Waals surface area contributed by atoms with E-state index in [1.165, 1.54) is 71.2 Å². The summed E-state index contributed by atoms with van der Waals surface area (Å²) in [6, 6.07) is 33.0. The zero-order valence-corrected chi connectivity index (χ0v) is 41.9. The number of benzene rings is 4. The molecule has 4 nitrogen and oxygen atoms in total. The average Bonchev–Trinajstić information content (AvgIpc) is 3.26. The van der Waals surface area contributed by atoms with Crippen LogP contribution in [-0.4, -0.2) is 20.9 Å². The third-order valence-corrected chi connectivity index (χ3v) is 13.5. The molecule has 1 unspecified atom stereocenters. The van der Waals surface area contributed by atoms with Crippen molar-refractivity contribution in [2.24, 2.45) is 23.7 Å². The fraction of sp³-hybridized carbons (Fsp3) is 0.431. The molecule has 1 radical (unpaired) electrons. The SMILES string of the molecule is CCC(CC)C(=O)/C=C(\O)C(CC)CC.Cc1[c-]c(-c2nccc3cc(C4CC5CCC4CC5)ccc23)cc(C)c1.[2H]c1cc2cc(C(C)C)ccc2c(-c2[c-]c(C)cc(C)c2)n1.[Ir]. The van der Waals surface area contributed by atoms with Crippen LogP contribution in [0, 0.1) is 63.5 Å².